The van der Waals surface area contributed by atoms with Gasteiger partial charge in [0, 0.05) is 31.0 Å². The Morgan fingerprint density at radius 1 is 1.25 bits per heavy atom. The molecule has 2 aromatic rings. The van der Waals surface area contributed by atoms with E-state index in [1.54, 1.807) is 6.08 Å². The Morgan fingerprint density at radius 3 is 2.68 bits per heavy atom. The maximum Gasteiger partial charge on any atom is 0.273 e. The van der Waals surface area contributed by atoms with Gasteiger partial charge < -0.3 is 4.90 Å². The maximum absolute atomic E-state index is 12.6. The third kappa shape index (κ3) is 3.30. The van der Waals surface area contributed by atoms with E-state index in [1.165, 1.54) is 13.3 Å². The zero-order chi connectivity index (χ0) is 19.8. The van der Waals surface area contributed by atoms with Gasteiger partial charge in [-0.05, 0) is 55.7 Å². The zero-order valence-electron chi connectivity index (χ0n) is 16.0. The van der Waals surface area contributed by atoms with Crippen molar-refractivity contribution in [2.75, 3.05) is 18.0 Å². The molecule has 2 aliphatic rings. The fraction of sp³-hybridized carbons (Fsp3) is 0.333. The van der Waals surface area contributed by atoms with Crippen LogP contribution in [0.15, 0.2) is 29.2 Å². The molecule has 2 amide bonds. The fourth-order valence-corrected chi connectivity index (χ4v) is 4.61. The van der Waals surface area contributed by atoms with Gasteiger partial charge in [-0.1, -0.05) is 18.2 Å². The Kier molecular flexibility index (Phi) is 4.93. The second-order valence-corrected chi connectivity index (χ2v) is 8.20. The van der Waals surface area contributed by atoms with Crippen LogP contribution in [0.1, 0.15) is 37.3 Å². The number of thioether (sulfide) groups is 1. The van der Waals surface area contributed by atoms with E-state index in [1.807, 2.05) is 12.1 Å². The number of imide groups is 1. The molecule has 1 N–H and O–H groups in total. The summed E-state index contributed by atoms with van der Waals surface area (Å²) in [5, 5.41) is 8.92. The summed E-state index contributed by atoms with van der Waals surface area (Å²) in [6.45, 7) is 5.24. The number of aryl methyl sites for hydroxylation is 1. The summed E-state index contributed by atoms with van der Waals surface area (Å²) in [6, 6.07) is 8.13. The van der Waals surface area contributed by atoms with Crippen LogP contribution < -0.4 is 4.90 Å². The molecule has 1 aromatic carbocycles. The molecule has 0 saturated carbocycles. The predicted molar refractivity (Wildman–Crippen MR) is 113 cm³/mol. The molecule has 2 fully saturated rings. The Bertz CT molecular complexity index is 1020. The Hall–Kier alpha value is -2.67. The first-order chi connectivity index (χ1) is 13.5. The van der Waals surface area contributed by atoms with E-state index >= 15 is 0 Å². The van der Waals surface area contributed by atoms with Crippen LogP contribution in [0.4, 0.5) is 5.82 Å². The van der Waals surface area contributed by atoms with Gasteiger partial charge in [0.25, 0.3) is 5.91 Å². The minimum Gasteiger partial charge on any atom is -0.356 e. The number of fused-ring (bicyclic) bond motifs is 1. The van der Waals surface area contributed by atoms with Gasteiger partial charge in [-0.2, -0.15) is 0 Å². The third-order valence-electron chi connectivity index (χ3n) is 5.14. The molecule has 0 unspecified atom stereocenters. The number of hydrogen-bond donors (Lipinski definition) is 1. The number of rotatable bonds is 2. The standard InChI is InChI=1S/C21H22N4O2S/c1-13-7-6-8-15-11-16(12-17-20(27)25(14(2)26)21(22)28-17)19(23-18(13)15)24-9-4-3-5-10-24/h6-8,11-12,22H,3-5,9-10H2,1-2H3. The maximum atomic E-state index is 12.6. The number of hydrogen-bond acceptors (Lipinski definition) is 6. The molecule has 2 aliphatic heterocycles. The van der Waals surface area contributed by atoms with Gasteiger partial charge in [0.05, 0.1) is 10.4 Å². The minimum absolute atomic E-state index is 0.0483. The summed E-state index contributed by atoms with van der Waals surface area (Å²) in [5.74, 6) is 0.000976. The molecule has 7 heteroatoms. The number of nitrogens with one attached hydrogen (secondary N) is 1. The quantitative estimate of drug-likeness (QED) is 0.781. The molecule has 1 aromatic heterocycles. The molecule has 0 aliphatic carbocycles. The molecule has 2 saturated heterocycles. The number of piperidine rings is 1. The number of amidine groups is 1. The smallest absolute Gasteiger partial charge is 0.273 e. The number of amides is 2. The molecule has 0 radical (unpaired) electrons. The van der Waals surface area contributed by atoms with Gasteiger partial charge in [-0.15, -0.1) is 0 Å². The SMILES string of the molecule is CC(=O)N1C(=N)SC(=Cc2cc3cccc(C)c3nc2N2CCCCC2)C1=O. The fourth-order valence-electron chi connectivity index (χ4n) is 3.73. The van der Waals surface area contributed by atoms with Crippen LogP contribution in [0, 0.1) is 12.3 Å². The van der Waals surface area contributed by atoms with Crippen molar-refractivity contribution in [3.63, 3.8) is 0 Å². The second kappa shape index (κ2) is 7.39. The summed E-state index contributed by atoms with van der Waals surface area (Å²) < 4.78 is 0. The highest BCUT2D eigenvalue weighted by Gasteiger charge is 2.35. The van der Waals surface area contributed by atoms with Crippen LogP contribution in [0.25, 0.3) is 17.0 Å². The number of benzene rings is 1. The van der Waals surface area contributed by atoms with Crippen molar-refractivity contribution < 1.29 is 9.59 Å². The lowest BCUT2D eigenvalue weighted by molar-refractivity contribution is -0.135. The van der Waals surface area contributed by atoms with Crippen LogP contribution in [-0.2, 0) is 9.59 Å². The number of aromatic nitrogens is 1. The average molecular weight is 395 g/mol. The van der Waals surface area contributed by atoms with Crippen LogP contribution in [0.5, 0.6) is 0 Å². The zero-order valence-corrected chi connectivity index (χ0v) is 16.8. The summed E-state index contributed by atoms with van der Waals surface area (Å²) in [7, 11) is 0. The first kappa shape index (κ1) is 18.7. The Morgan fingerprint density at radius 2 is 2.00 bits per heavy atom. The van der Waals surface area contributed by atoms with E-state index in [-0.39, 0.29) is 5.17 Å². The van der Waals surface area contributed by atoms with Gasteiger partial charge in [0.15, 0.2) is 5.17 Å². The highest BCUT2D eigenvalue weighted by atomic mass is 32.2. The van der Waals surface area contributed by atoms with E-state index in [4.69, 9.17) is 10.4 Å². The highest BCUT2D eigenvalue weighted by molar-refractivity contribution is 8.18. The van der Waals surface area contributed by atoms with Gasteiger partial charge >= 0.3 is 0 Å². The largest absolute Gasteiger partial charge is 0.356 e. The van der Waals surface area contributed by atoms with E-state index in [0.29, 0.717) is 4.91 Å². The monoisotopic (exact) mass is 394 g/mol. The lowest BCUT2D eigenvalue weighted by atomic mass is 10.1. The van der Waals surface area contributed by atoms with Gasteiger partial charge in [-0.3, -0.25) is 15.0 Å². The summed E-state index contributed by atoms with van der Waals surface area (Å²) in [5.41, 5.74) is 2.94. The second-order valence-electron chi connectivity index (χ2n) is 7.17. The number of anilines is 1. The molecule has 28 heavy (non-hydrogen) atoms. The van der Waals surface area contributed by atoms with Crippen molar-refractivity contribution >= 4 is 51.5 Å². The van der Waals surface area contributed by atoms with Crippen molar-refractivity contribution in [3.8, 4) is 0 Å². The first-order valence-corrected chi connectivity index (χ1v) is 10.3. The number of nitrogens with zero attached hydrogens (tertiary/aromatic N) is 3. The lowest BCUT2D eigenvalue weighted by Gasteiger charge is -2.29. The van der Waals surface area contributed by atoms with Crippen molar-refractivity contribution in [2.45, 2.75) is 33.1 Å². The Balaban J connectivity index is 1.84. The van der Waals surface area contributed by atoms with E-state index in [9.17, 15) is 9.59 Å². The highest BCUT2D eigenvalue weighted by Crippen LogP contribution is 2.35. The average Bonchev–Trinajstić information content (AvgIpc) is 2.95. The Labute approximate surface area is 168 Å². The third-order valence-corrected chi connectivity index (χ3v) is 6.02. The van der Waals surface area contributed by atoms with Crippen LogP contribution >= 0.6 is 11.8 Å². The molecule has 144 valence electrons. The van der Waals surface area contributed by atoms with Gasteiger partial charge in [-0.25, -0.2) is 9.88 Å². The summed E-state index contributed by atoms with van der Waals surface area (Å²) in [6.07, 6.45) is 5.25. The molecule has 4 rings (SSSR count). The molecule has 0 bridgehead atoms. The van der Waals surface area contributed by atoms with Crippen molar-refractivity contribution in [3.05, 3.63) is 40.3 Å². The molecular weight excluding hydrogens is 372 g/mol. The molecule has 0 spiro atoms. The normalized spacial score (nSPS) is 19.1. The van der Waals surface area contributed by atoms with Gasteiger partial charge in [0.1, 0.15) is 5.82 Å². The van der Waals surface area contributed by atoms with Crippen molar-refractivity contribution in [1.29, 1.82) is 5.41 Å². The van der Waals surface area contributed by atoms with Crippen LogP contribution in [0.2, 0.25) is 0 Å². The van der Waals surface area contributed by atoms with E-state index < -0.39 is 11.8 Å². The predicted octanol–water partition coefficient (Wildman–Crippen LogP) is 3.93. The lowest BCUT2D eigenvalue weighted by Crippen LogP contribution is -2.33. The van der Waals surface area contributed by atoms with Crippen molar-refractivity contribution in [2.24, 2.45) is 0 Å². The number of carbonyl (C=O) groups excluding carboxylic acids is 2. The number of pyridine rings is 1. The molecular formula is C21H22N4O2S. The molecule has 6 nitrogen and oxygen atoms in total. The number of carbonyl (C=O) groups is 2. The summed E-state index contributed by atoms with van der Waals surface area (Å²) in [4.78, 5) is 32.8. The van der Waals surface area contributed by atoms with E-state index in [0.717, 1.165) is 70.4 Å². The molecule has 3 heterocycles. The van der Waals surface area contributed by atoms with Crippen LogP contribution in [0.3, 0.4) is 0 Å². The first-order valence-electron chi connectivity index (χ1n) is 9.44. The summed E-state index contributed by atoms with van der Waals surface area (Å²) >= 11 is 1.02. The molecule has 0 atom stereocenters. The van der Waals surface area contributed by atoms with Crippen LogP contribution in [-0.4, -0.2) is 40.0 Å². The number of para-hydroxylation sites is 1. The van der Waals surface area contributed by atoms with Crippen molar-refractivity contribution in [1.82, 2.24) is 9.88 Å². The minimum atomic E-state index is -0.436. The van der Waals surface area contributed by atoms with E-state index in [2.05, 4.69) is 24.0 Å². The topological polar surface area (TPSA) is 77.4 Å². The van der Waals surface area contributed by atoms with Gasteiger partial charge in [0.2, 0.25) is 5.91 Å².